The number of hydrogen-bond acceptors (Lipinski definition) is 3. The minimum atomic E-state index is 0.224. The Bertz CT molecular complexity index is 636. The molecule has 3 rings (SSSR count). The number of benzene rings is 1. The van der Waals surface area contributed by atoms with Gasteiger partial charge in [0, 0.05) is 17.5 Å². The third-order valence-corrected chi connectivity index (χ3v) is 4.77. The second kappa shape index (κ2) is 5.70. The standard InChI is InChI=1S/C15H17ClN2OS/c1-2-3-8-18(14(19)10-4-5-10)15-17-12-7-6-11(16)9-13(12)20-15/h6-7,9-10H,2-5,8H2,1H3. The third kappa shape index (κ3) is 2.81. The van der Waals surface area contributed by atoms with Crippen molar-refractivity contribution in [1.82, 2.24) is 4.98 Å². The molecule has 1 aromatic carbocycles. The molecular formula is C15H17ClN2OS. The fourth-order valence-electron chi connectivity index (χ4n) is 2.17. The largest absolute Gasteiger partial charge is 0.288 e. The van der Waals surface area contributed by atoms with Crippen LogP contribution >= 0.6 is 22.9 Å². The van der Waals surface area contributed by atoms with E-state index in [-0.39, 0.29) is 11.8 Å². The van der Waals surface area contributed by atoms with Crippen LogP contribution in [0.2, 0.25) is 5.02 Å². The predicted molar refractivity (Wildman–Crippen MR) is 84.6 cm³/mol. The lowest BCUT2D eigenvalue weighted by Crippen LogP contribution is -2.33. The molecule has 2 aromatic rings. The second-order valence-corrected chi connectivity index (χ2v) is 6.67. The Morgan fingerprint density at radius 1 is 1.50 bits per heavy atom. The normalized spacial score (nSPS) is 14.7. The first-order chi connectivity index (χ1) is 9.69. The molecule has 3 nitrogen and oxygen atoms in total. The Hall–Kier alpha value is -1.13. The van der Waals surface area contributed by atoms with Crippen LogP contribution in [-0.2, 0) is 4.79 Å². The molecule has 0 unspecified atom stereocenters. The molecule has 20 heavy (non-hydrogen) atoms. The molecule has 1 aromatic heterocycles. The quantitative estimate of drug-likeness (QED) is 0.815. The summed E-state index contributed by atoms with van der Waals surface area (Å²) in [5, 5.41) is 1.52. The van der Waals surface area contributed by atoms with E-state index >= 15 is 0 Å². The number of carbonyl (C=O) groups is 1. The SMILES string of the molecule is CCCCN(C(=O)C1CC1)c1nc2ccc(Cl)cc2s1. The lowest BCUT2D eigenvalue weighted by Gasteiger charge is -2.19. The van der Waals surface area contributed by atoms with Crippen LogP contribution in [0.4, 0.5) is 5.13 Å². The average Bonchev–Trinajstić information content (AvgIpc) is 3.20. The first-order valence-electron chi connectivity index (χ1n) is 7.06. The molecule has 1 fully saturated rings. The first kappa shape index (κ1) is 13.8. The van der Waals surface area contributed by atoms with Crippen molar-refractivity contribution in [2.45, 2.75) is 32.6 Å². The van der Waals surface area contributed by atoms with Gasteiger partial charge in [-0.05, 0) is 37.5 Å². The van der Waals surface area contributed by atoms with E-state index in [1.807, 2.05) is 23.1 Å². The van der Waals surface area contributed by atoms with Crippen LogP contribution in [0.1, 0.15) is 32.6 Å². The van der Waals surface area contributed by atoms with Gasteiger partial charge in [0.15, 0.2) is 5.13 Å². The van der Waals surface area contributed by atoms with Gasteiger partial charge in [-0.3, -0.25) is 9.69 Å². The van der Waals surface area contributed by atoms with Crippen molar-refractivity contribution < 1.29 is 4.79 Å². The van der Waals surface area contributed by atoms with Crippen LogP contribution in [0.3, 0.4) is 0 Å². The highest BCUT2D eigenvalue weighted by Gasteiger charge is 2.34. The summed E-state index contributed by atoms with van der Waals surface area (Å²) < 4.78 is 1.04. The molecule has 0 radical (unpaired) electrons. The highest BCUT2D eigenvalue weighted by atomic mass is 35.5. The molecule has 0 saturated heterocycles. The zero-order valence-electron chi connectivity index (χ0n) is 11.4. The Balaban J connectivity index is 1.92. The number of fused-ring (bicyclic) bond motifs is 1. The van der Waals surface area contributed by atoms with Crippen LogP contribution in [0, 0.1) is 5.92 Å². The molecule has 0 N–H and O–H groups in total. The van der Waals surface area contributed by atoms with E-state index < -0.39 is 0 Å². The molecule has 0 atom stereocenters. The lowest BCUT2D eigenvalue weighted by molar-refractivity contribution is -0.119. The molecule has 1 saturated carbocycles. The minimum Gasteiger partial charge on any atom is -0.288 e. The molecule has 5 heteroatoms. The minimum absolute atomic E-state index is 0.224. The Labute approximate surface area is 127 Å². The van der Waals surface area contributed by atoms with Gasteiger partial charge in [0.1, 0.15) is 0 Å². The van der Waals surface area contributed by atoms with Gasteiger partial charge in [-0.1, -0.05) is 36.3 Å². The second-order valence-electron chi connectivity index (χ2n) is 5.23. The van der Waals surface area contributed by atoms with E-state index in [0.717, 1.165) is 47.6 Å². The van der Waals surface area contributed by atoms with Crippen LogP contribution in [0.5, 0.6) is 0 Å². The molecule has 1 aliphatic rings. The topological polar surface area (TPSA) is 33.2 Å². The summed E-state index contributed by atoms with van der Waals surface area (Å²) in [6.07, 6.45) is 4.14. The van der Waals surface area contributed by atoms with Crippen LogP contribution < -0.4 is 4.90 Å². The summed E-state index contributed by atoms with van der Waals surface area (Å²) in [6.45, 7) is 2.90. The number of nitrogens with zero attached hydrogens (tertiary/aromatic N) is 2. The number of aromatic nitrogens is 1. The van der Waals surface area contributed by atoms with Crippen molar-refractivity contribution >= 4 is 44.2 Å². The average molecular weight is 309 g/mol. The van der Waals surface area contributed by atoms with Crippen molar-refractivity contribution in [2.75, 3.05) is 11.4 Å². The number of anilines is 1. The van der Waals surface area contributed by atoms with Gasteiger partial charge in [-0.2, -0.15) is 0 Å². The molecule has 0 spiro atoms. The maximum absolute atomic E-state index is 12.4. The van der Waals surface area contributed by atoms with Gasteiger partial charge in [-0.25, -0.2) is 4.98 Å². The summed E-state index contributed by atoms with van der Waals surface area (Å²) >= 11 is 7.57. The molecule has 0 aliphatic heterocycles. The van der Waals surface area contributed by atoms with E-state index in [4.69, 9.17) is 11.6 Å². The van der Waals surface area contributed by atoms with Gasteiger partial charge in [0.05, 0.1) is 10.2 Å². The summed E-state index contributed by atoms with van der Waals surface area (Å²) in [4.78, 5) is 18.9. The maximum atomic E-state index is 12.4. The lowest BCUT2D eigenvalue weighted by atomic mass is 10.3. The number of carbonyl (C=O) groups excluding carboxylic acids is 1. The molecule has 1 aliphatic carbocycles. The maximum Gasteiger partial charge on any atom is 0.231 e. The van der Waals surface area contributed by atoms with Crippen molar-refractivity contribution in [1.29, 1.82) is 0 Å². The summed E-state index contributed by atoms with van der Waals surface area (Å²) in [5.41, 5.74) is 0.916. The van der Waals surface area contributed by atoms with E-state index in [2.05, 4.69) is 11.9 Å². The predicted octanol–water partition coefficient (Wildman–Crippen LogP) is 4.49. The zero-order chi connectivity index (χ0) is 14.1. The number of hydrogen-bond donors (Lipinski definition) is 0. The Morgan fingerprint density at radius 3 is 3.00 bits per heavy atom. The highest BCUT2D eigenvalue weighted by molar-refractivity contribution is 7.22. The van der Waals surface area contributed by atoms with Gasteiger partial charge in [-0.15, -0.1) is 0 Å². The number of thiazole rings is 1. The number of rotatable bonds is 5. The van der Waals surface area contributed by atoms with Crippen LogP contribution in [-0.4, -0.2) is 17.4 Å². The summed E-state index contributed by atoms with van der Waals surface area (Å²) in [5.74, 6) is 0.464. The molecule has 1 heterocycles. The van der Waals surface area contributed by atoms with Crippen molar-refractivity contribution in [3.05, 3.63) is 23.2 Å². The number of unbranched alkanes of at least 4 members (excludes halogenated alkanes) is 1. The number of amides is 1. The molecule has 1 amide bonds. The summed E-state index contributed by atoms with van der Waals surface area (Å²) in [7, 11) is 0. The van der Waals surface area contributed by atoms with E-state index in [1.165, 1.54) is 0 Å². The van der Waals surface area contributed by atoms with E-state index in [0.29, 0.717) is 5.02 Å². The van der Waals surface area contributed by atoms with Gasteiger partial charge in [0.25, 0.3) is 0 Å². The van der Waals surface area contributed by atoms with Gasteiger partial charge in [0.2, 0.25) is 5.91 Å². The monoisotopic (exact) mass is 308 g/mol. The smallest absolute Gasteiger partial charge is 0.231 e. The van der Waals surface area contributed by atoms with Gasteiger partial charge >= 0.3 is 0 Å². The van der Waals surface area contributed by atoms with Crippen molar-refractivity contribution in [3.63, 3.8) is 0 Å². The Kier molecular flexibility index (Phi) is 3.94. The third-order valence-electron chi connectivity index (χ3n) is 3.50. The molecular weight excluding hydrogens is 292 g/mol. The highest BCUT2D eigenvalue weighted by Crippen LogP contribution is 2.36. The first-order valence-corrected chi connectivity index (χ1v) is 8.26. The number of halogens is 1. The van der Waals surface area contributed by atoms with Crippen LogP contribution in [0.25, 0.3) is 10.2 Å². The Morgan fingerprint density at radius 2 is 2.30 bits per heavy atom. The van der Waals surface area contributed by atoms with E-state index in [1.54, 1.807) is 11.3 Å². The van der Waals surface area contributed by atoms with Crippen molar-refractivity contribution in [3.8, 4) is 0 Å². The fourth-order valence-corrected chi connectivity index (χ4v) is 3.44. The van der Waals surface area contributed by atoms with Crippen molar-refractivity contribution in [2.24, 2.45) is 5.92 Å². The van der Waals surface area contributed by atoms with E-state index in [9.17, 15) is 4.79 Å². The zero-order valence-corrected chi connectivity index (χ0v) is 13.0. The summed E-state index contributed by atoms with van der Waals surface area (Å²) in [6, 6.07) is 5.67. The van der Waals surface area contributed by atoms with Gasteiger partial charge < -0.3 is 0 Å². The molecule has 0 bridgehead atoms. The van der Waals surface area contributed by atoms with Crippen LogP contribution in [0.15, 0.2) is 18.2 Å². The fraction of sp³-hybridized carbons (Fsp3) is 0.467. The molecule has 106 valence electrons.